The van der Waals surface area contributed by atoms with Gasteiger partial charge in [-0.1, -0.05) is 11.4 Å². The second-order valence-electron chi connectivity index (χ2n) is 3.56. The maximum atomic E-state index is 13.7. The molecule has 1 atom stereocenters. The Morgan fingerprint density at radius 3 is 3.00 bits per heavy atom. The smallest absolute Gasteiger partial charge is 0.146 e. The van der Waals surface area contributed by atoms with Gasteiger partial charge in [0.25, 0.3) is 0 Å². The van der Waals surface area contributed by atoms with E-state index in [1.165, 1.54) is 17.7 Å². The second kappa shape index (κ2) is 5.29. The van der Waals surface area contributed by atoms with Crippen LogP contribution < -0.4 is 5.32 Å². The molecular formula is C11H13FN4S. The van der Waals surface area contributed by atoms with Crippen molar-refractivity contribution >= 4 is 11.5 Å². The van der Waals surface area contributed by atoms with E-state index in [1.54, 1.807) is 19.3 Å². The van der Waals surface area contributed by atoms with E-state index in [2.05, 4.69) is 19.9 Å². The summed E-state index contributed by atoms with van der Waals surface area (Å²) in [5.41, 5.74) is 1.48. The highest BCUT2D eigenvalue weighted by Crippen LogP contribution is 2.28. The average Bonchev–Trinajstić information content (AvgIpc) is 2.81. The van der Waals surface area contributed by atoms with Gasteiger partial charge in [-0.25, -0.2) is 4.39 Å². The average molecular weight is 252 g/mol. The SMILES string of the molecule is CCc1nnsc1C(NC)c1ccncc1F. The van der Waals surface area contributed by atoms with Gasteiger partial charge in [0.05, 0.1) is 22.8 Å². The van der Waals surface area contributed by atoms with E-state index in [0.29, 0.717) is 5.56 Å². The third-order valence-electron chi connectivity index (χ3n) is 2.59. The summed E-state index contributed by atoms with van der Waals surface area (Å²) in [7, 11) is 1.80. The van der Waals surface area contributed by atoms with E-state index >= 15 is 0 Å². The maximum Gasteiger partial charge on any atom is 0.146 e. The molecule has 6 heteroatoms. The summed E-state index contributed by atoms with van der Waals surface area (Å²) in [5, 5.41) is 7.15. The fourth-order valence-electron chi connectivity index (χ4n) is 1.73. The number of nitrogens with one attached hydrogen (secondary N) is 1. The molecule has 0 spiro atoms. The lowest BCUT2D eigenvalue weighted by Crippen LogP contribution is -2.19. The van der Waals surface area contributed by atoms with Crippen molar-refractivity contribution in [2.45, 2.75) is 19.4 Å². The van der Waals surface area contributed by atoms with Crippen LogP contribution in [0.1, 0.15) is 29.1 Å². The molecule has 1 N–H and O–H groups in total. The number of nitrogens with zero attached hydrogens (tertiary/aromatic N) is 3. The standard InChI is InChI=1S/C11H13FN4S/c1-3-9-11(17-16-15-9)10(13-2)7-4-5-14-6-8(7)12/h4-6,10,13H,3H2,1-2H3. The fraction of sp³-hybridized carbons (Fsp3) is 0.364. The molecule has 1 unspecified atom stereocenters. The van der Waals surface area contributed by atoms with Crippen LogP contribution in [0.3, 0.4) is 0 Å². The Morgan fingerprint density at radius 2 is 2.35 bits per heavy atom. The largest absolute Gasteiger partial charge is 0.308 e. The molecule has 0 radical (unpaired) electrons. The molecule has 2 rings (SSSR count). The van der Waals surface area contributed by atoms with Crippen molar-refractivity contribution in [2.75, 3.05) is 7.05 Å². The molecule has 90 valence electrons. The molecule has 2 aromatic rings. The third kappa shape index (κ3) is 2.32. The normalized spacial score (nSPS) is 12.6. The highest BCUT2D eigenvalue weighted by Gasteiger charge is 2.21. The van der Waals surface area contributed by atoms with Crippen molar-refractivity contribution < 1.29 is 4.39 Å². The fourth-order valence-corrected chi connectivity index (χ4v) is 2.60. The Balaban J connectivity index is 2.44. The quantitative estimate of drug-likeness (QED) is 0.903. The molecule has 0 amide bonds. The van der Waals surface area contributed by atoms with Gasteiger partial charge in [0.15, 0.2) is 0 Å². The van der Waals surface area contributed by atoms with Crippen LogP contribution in [0.5, 0.6) is 0 Å². The summed E-state index contributed by atoms with van der Waals surface area (Å²) in [6.07, 6.45) is 3.60. The number of rotatable bonds is 4. The molecule has 4 nitrogen and oxygen atoms in total. The zero-order chi connectivity index (χ0) is 12.3. The van der Waals surface area contributed by atoms with Gasteiger partial charge in [-0.05, 0) is 31.1 Å². The molecule has 0 saturated heterocycles. The molecule has 2 heterocycles. The zero-order valence-electron chi connectivity index (χ0n) is 9.64. The minimum atomic E-state index is -0.317. The maximum absolute atomic E-state index is 13.7. The summed E-state index contributed by atoms with van der Waals surface area (Å²) in [5.74, 6) is -0.317. The molecule has 0 aliphatic heterocycles. The van der Waals surface area contributed by atoms with E-state index in [-0.39, 0.29) is 11.9 Å². The lowest BCUT2D eigenvalue weighted by atomic mass is 10.0. The van der Waals surface area contributed by atoms with E-state index in [9.17, 15) is 4.39 Å². The van der Waals surface area contributed by atoms with Gasteiger partial charge in [-0.3, -0.25) is 4.98 Å². The van der Waals surface area contributed by atoms with Crippen LogP contribution in [0.25, 0.3) is 0 Å². The van der Waals surface area contributed by atoms with Crippen LogP contribution >= 0.6 is 11.5 Å². The van der Waals surface area contributed by atoms with E-state index in [1.807, 2.05) is 6.92 Å². The minimum Gasteiger partial charge on any atom is -0.308 e. The Labute approximate surface area is 103 Å². The van der Waals surface area contributed by atoms with Gasteiger partial charge in [0.1, 0.15) is 5.82 Å². The summed E-state index contributed by atoms with van der Waals surface area (Å²) in [6, 6.07) is 1.46. The first-order valence-electron chi connectivity index (χ1n) is 5.35. The highest BCUT2D eigenvalue weighted by molar-refractivity contribution is 7.05. The van der Waals surface area contributed by atoms with Gasteiger partial charge >= 0.3 is 0 Å². The lowest BCUT2D eigenvalue weighted by molar-refractivity contribution is 0.572. The molecule has 17 heavy (non-hydrogen) atoms. The van der Waals surface area contributed by atoms with Crippen molar-refractivity contribution in [1.82, 2.24) is 19.9 Å². The number of aromatic nitrogens is 3. The van der Waals surface area contributed by atoms with Crippen molar-refractivity contribution in [3.63, 3.8) is 0 Å². The second-order valence-corrected chi connectivity index (χ2v) is 4.34. The number of hydrogen-bond acceptors (Lipinski definition) is 5. The lowest BCUT2D eigenvalue weighted by Gasteiger charge is -2.15. The Morgan fingerprint density at radius 1 is 1.53 bits per heavy atom. The zero-order valence-corrected chi connectivity index (χ0v) is 10.5. The molecule has 0 aromatic carbocycles. The molecule has 0 aliphatic carbocycles. The van der Waals surface area contributed by atoms with Gasteiger partial charge < -0.3 is 5.32 Å². The summed E-state index contributed by atoms with van der Waals surface area (Å²) in [6.45, 7) is 2.01. The van der Waals surface area contributed by atoms with E-state index in [4.69, 9.17) is 0 Å². The first-order valence-corrected chi connectivity index (χ1v) is 6.13. The van der Waals surface area contributed by atoms with E-state index in [0.717, 1.165) is 17.0 Å². The van der Waals surface area contributed by atoms with Crippen LogP contribution in [0.2, 0.25) is 0 Å². The summed E-state index contributed by atoms with van der Waals surface area (Å²) >= 11 is 1.30. The van der Waals surface area contributed by atoms with Gasteiger partial charge in [-0.2, -0.15) is 0 Å². The number of pyridine rings is 1. The topological polar surface area (TPSA) is 50.7 Å². The third-order valence-corrected chi connectivity index (χ3v) is 3.42. The first-order chi connectivity index (χ1) is 8.27. The van der Waals surface area contributed by atoms with Crippen molar-refractivity contribution in [3.8, 4) is 0 Å². The van der Waals surface area contributed by atoms with Gasteiger partial charge in [0.2, 0.25) is 0 Å². The van der Waals surface area contributed by atoms with Gasteiger partial charge in [-0.15, -0.1) is 5.10 Å². The van der Waals surface area contributed by atoms with Crippen molar-refractivity contribution in [2.24, 2.45) is 0 Å². The van der Waals surface area contributed by atoms with Crippen LogP contribution in [0, 0.1) is 5.82 Å². The van der Waals surface area contributed by atoms with Crippen molar-refractivity contribution in [3.05, 3.63) is 40.4 Å². The van der Waals surface area contributed by atoms with E-state index < -0.39 is 0 Å². The molecule has 0 bridgehead atoms. The highest BCUT2D eigenvalue weighted by atomic mass is 32.1. The molecular weight excluding hydrogens is 239 g/mol. The predicted octanol–water partition coefficient (Wildman–Crippen LogP) is 1.94. The monoisotopic (exact) mass is 252 g/mol. The first kappa shape index (κ1) is 12.1. The molecule has 0 saturated carbocycles. The predicted molar refractivity (Wildman–Crippen MR) is 64.4 cm³/mol. The van der Waals surface area contributed by atoms with Crippen LogP contribution in [-0.2, 0) is 6.42 Å². The molecule has 2 aromatic heterocycles. The summed E-state index contributed by atoms with van der Waals surface area (Å²) < 4.78 is 17.6. The van der Waals surface area contributed by atoms with Crippen LogP contribution in [0.15, 0.2) is 18.5 Å². The van der Waals surface area contributed by atoms with Crippen LogP contribution in [-0.4, -0.2) is 21.6 Å². The van der Waals surface area contributed by atoms with Gasteiger partial charge in [0, 0.05) is 11.8 Å². The van der Waals surface area contributed by atoms with Crippen LogP contribution in [0.4, 0.5) is 4.39 Å². The molecule has 0 aliphatic rings. The Kier molecular flexibility index (Phi) is 3.75. The number of aryl methyl sites for hydroxylation is 1. The minimum absolute atomic E-state index is 0.215. The Hall–Kier alpha value is -1.40. The number of halogens is 1. The number of hydrogen-bond donors (Lipinski definition) is 1. The summed E-state index contributed by atoms with van der Waals surface area (Å²) in [4.78, 5) is 4.71. The molecule has 0 fully saturated rings. The van der Waals surface area contributed by atoms with Crippen molar-refractivity contribution in [1.29, 1.82) is 0 Å². The Bertz CT molecular complexity index is 500.